The molecule has 0 aliphatic heterocycles. The van der Waals surface area contributed by atoms with Crippen molar-refractivity contribution >= 4 is 41.7 Å². The smallest absolute Gasteiger partial charge is 0.183 e. The summed E-state index contributed by atoms with van der Waals surface area (Å²) >= 11 is 6.34. The van der Waals surface area contributed by atoms with Crippen LogP contribution >= 0.6 is 31.9 Å². The highest BCUT2D eigenvalue weighted by Crippen LogP contribution is 2.31. The molecule has 0 spiro atoms. The summed E-state index contributed by atoms with van der Waals surface area (Å²) in [5.74, 6) is 0.279. The third-order valence-electron chi connectivity index (χ3n) is 1.75. The van der Waals surface area contributed by atoms with E-state index in [1.807, 2.05) is 0 Å². The first-order chi connectivity index (χ1) is 6.79. The van der Waals surface area contributed by atoms with Crippen LogP contribution in [0.5, 0.6) is 0 Å². The molecule has 1 aromatic heterocycles. The largest absolute Gasteiger partial charge is 0.450 e. The van der Waals surface area contributed by atoms with Gasteiger partial charge < -0.3 is 9.52 Å². The third kappa shape index (κ3) is 4.26. The quantitative estimate of drug-likeness (QED) is 0.893. The maximum atomic E-state index is 10.9. The summed E-state index contributed by atoms with van der Waals surface area (Å²) in [6.45, 7) is 0. The molecular formula is C8H10Br2O4S. The highest BCUT2D eigenvalue weighted by atomic mass is 79.9. The minimum Gasteiger partial charge on any atom is -0.450 e. The number of hydrogen-bond acceptors (Lipinski definition) is 4. The predicted octanol–water partition coefficient (Wildman–Crippen LogP) is 2.27. The number of aliphatic hydroxyl groups is 1. The maximum Gasteiger partial charge on any atom is 0.183 e. The van der Waals surface area contributed by atoms with Crippen LogP contribution in [0, 0.1) is 0 Å². The number of halogens is 2. The van der Waals surface area contributed by atoms with E-state index in [1.54, 1.807) is 6.07 Å². The van der Waals surface area contributed by atoms with Gasteiger partial charge in [0.05, 0.1) is 10.2 Å². The van der Waals surface area contributed by atoms with E-state index in [4.69, 9.17) is 4.42 Å². The summed E-state index contributed by atoms with van der Waals surface area (Å²) in [5, 5.41) is 9.62. The molecule has 1 aromatic rings. The van der Waals surface area contributed by atoms with E-state index in [0.29, 0.717) is 14.9 Å². The van der Waals surface area contributed by atoms with Gasteiger partial charge in [-0.3, -0.25) is 0 Å². The van der Waals surface area contributed by atoms with Gasteiger partial charge in [0, 0.05) is 6.26 Å². The zero-order valence-electron chi connectivity index (χ0n) is 7.91. The number of sulfone groups is 1. The zero-order chi connectivity index (χ0) is 11.6. The molecule has 0 fully saturated rings. The second-order valence-electron chi connectivity index (χ2n) is 3.20. The number of rotatable bonds is 4. The molecule has 86 valence electrons. The Hall–Kier alpha value is 0.150. The average Bonchev–Trinajstić information content (AvgIpc) is 2.42. The fourth-order valence-electron chi connectivity index (χ4n) is 0.995. The van der Waals surface area contributed by atoms with E-state index in [2.05, 4.69) is 31.9 Å². The van der Waals surface area contributed by atoms with E-state index >= 15 is 0 Å². The number of furan rings is 1. The molecule has 1 N–H and O–H groups in total. The summed E-state index contributed by atoms with van der Waals surface area (Å²) in [6, 6.07) is 1.61. The van der Waals surface area contributed by atoms with Crippen LogP contribution in [0.25, 0.3) is 0 Å². The Kier molecular flexibility index (Phi) is 4.39. The van der Waals surface area contributed by atoms with Crippen molar-refractivity contribution in [3.63, 3.8) is 0 Å². The summed E-state index contributed by atoms with van der Waals surface area (Å²) < 4.78 is 28.1. The van der Waals surface area contributed by atoms with Crippen molar-refractivity contribution in [2.24, 2.45) is 0 Å². The van der Waals surface area contributed by atoms with Crippen molar-refractivity contribution in [2.45, 2.75) is 12.5 Å². The first-order valence-electron chi connectivity index (χ1n) is 4.10. The van der Waals surface area contributed by atoms with E-state index in [0.717, 1.165) is 6.26 Å². The Labute approximate surface area is 105 Å². The van der Waals surface area contributed by atoms with Crippen molar-refractivity contribution in [3.8, 4) is 0 Å². The highest BCUT2D eigenvalue weighted by molar-refractivity contribution is 9.13. The van der Waals surface area contributed by atoms with Crippen molar-refractivity contribution in [3.05, 3.63) is 21.0 Å². The van der Waals surface area contributed by atoms with Gasteiger partial charge in [0.2, 0.25) is 0 Å². The Morgan fingerprint density at radius 3 is 2.53 bits per heavy atom. The number of aliphatic hydroxyl groups excluding tert-OH is 1. The van der Waals surface area contributed by atoms with Gasteiger partial charge in [-0.2, -0.15) is 0 Å². The van der Waals surface area contributed by atoms with Gasteiger partial charge >= 0.3 is 0 Å². The van der Waals surface area contributed by atoms with Crippen LogP contribution in [0.1, 0.15) is 18.3 Å². The molecular weight excluding hydrogens is 352 g/mol. The van der Waals surface area contributed by atoms with Gasteiger partial charge in [-0.25, -0.2) is 8.42 Å². The van der Waals surface area contributed by atoms with Gasteiger partial charge in [0.1, 0.15) is 21.7 Å². The SMILES string of the molecule is CS(=O)(=O)CCC(O)c1cc(Br)c(Br)o1. The number of hydrogen-bond donors (Lipinski definition) is 1. The summed E-state index contributed by atoms with van der Waals surface area (Å²) in [7, 11) is -3.06. The van der Waals surface area contributed by atoms with Crippen molar-refractivity contribution < 1.29 is 17.9 Å². The fraction of sp³-hybridized carbons (Fsp3) is 0.500. The van der Waals surface area contributed by atoms with Crippen LogP contribution in [0.15, 0.2) is 19.6 Å². The molecule has 0 saturated carbocycles. The highest BCUT2D eigenvalue weighted by Gasteiger charge is 2.16. The van der Waals surface area contributed by atoms with Crippen LogP contribution < -0.4 is 0 Å². The minimum atomic E-state index is -3.06. The molecule has 0 bridgehead atoms. The lowest BCUT2D eigenvalue weighted by Gasteiger charge is -2.05. The van der Waals surface area contributed by atoms with E-state index < -0.39 is 15.9 Å². The second-order valence-corrected chi connectivity index (χ2v) is 7.04. The topological polar surface area (TPSA) is 67.5 Å². The molecule has 0 amide bonds. The van der Waals surface area contributed by atoms with E-state index in [9.17, 15) is 13.5 Å². The van der Waals surface area contributed by atoms with Crippen LogP contribution in [-0.2, 0) is 9.84 Å². The van der Waals surface area contributed by atoms with Crippen LogP contribution in [0.3, 0.4) is 0 Å². The lowest BCUT2D eigenvalue weighted by molar-refractivity contribution is 0.145. The Balaban J connectivity index is 2.65. The molecule has 0 aliphatic rings. The molecule has 0 aliphatic carbocycles. The fourth-order valence-corrected chi connectivity index (χ4v) is 2.25. The van der Waals surface area contributed by atoms with Gasteiger partial charge in [-0.1, -0.05) is 0 Å². The molecule has 15 heavy (non-hydrogen) atoms. The summed E-state index contributed by atoms with van der Waals surface area (Å²) in [6.07, 6.45) is 0.362. The summed E-state index contributed by atoms with van der Waals surface area (Å²) in [5.41, 5.74) is 0. The monoisotopic (exact) mass is 360 g/mol. The third-order valence-corrected chi connectivity index (χ3v) is 4.44. The van der Waals surface area contributed by atoms with Crippen LogP contribution in [0.4, 0.5) is 0 Å². The summed E-state index contributed by atoms with van der Waals surface area (Å²) in [4.78, 5) is 0. The van der Waals surface area contributed by atoms with Crippen molar-refractivity contribution in [1.29, 1.82) is 0 Å². The maximum absolute atomic E-state index is 10.9. The normalized spacial score (nSPS) is 14.1. The lowest BCUT2D eigenvalue weighted by atomic mass is 10.2. The molecule has 4 nitrogen and oxygen atoms in total. The van der Waals surface area contributed by atoms with Gasteiger partial charge in [-0.15, -0.1) is 0 Å². The Morgan fingerprint density at radius 1 is 1.53 bits per heavy atom. The Morgan fingerprint density at radius 2 is 2.13 bits per heavy atom. The van der Waals surface area contributed by atoms with E-state index in [-0.39, 0.29) is 12.2 Å². The molecule has 0 saturated heterocycles. The molecule has 1 unspecified atom stereocenters. The molecule has 1 atom stereocenters. The molecule has 1 heterocycles. The van der Waals surface area contributed by atoms with Crippen LogP contribution in [-0.4, -0.2) is 25.5 Å². The first kappa shape index (κ1) is 13.2. The van der Waals surface area contributed by atoms with Gasteiger partial charge in [0.15, 0.2) is 4.67 Å². The predicted molar refractivity (Wildman–Crippen MR) is 63.4 cm³/mol. The molecule has 0 radical (unpaired) electrons. The average molecular weight is 362 g/mol. The lowest BCUT2D eigenvalue weighted by Crippen LogP contribution is -2.07. The van der Waals surface area contributed by atoms with Gasteiger partial charge in [0.25, 0.3) is 0 Å². The molecule has 7 heteroatoms. The first-order valence-corrected chi connectivity index (χ1v) is 7.75. The van der Waals surface area contributed by atoms with Crippen molar-refractivity contribution in [1.82, 2.24) is 0 Å². The van der Waals surface area contributed by atoms with Gasteiger partial charge in [-0.05, 0) is 44.3 Å². The zero-order valence-corrected chi connectivity index (χ0v) is 11.9. The van der Waals surface area contributed by atoms with Crippen molar-refractivity contribution in [2.75, 3.05) is 12.0 Å². The van der Waals surface area contributed by atoms with E-state index in [1.165, 1.54) is 0 Å². The second kappa shape index (κ2) is 4.99. The standard InChI is InChI=1S/C8H10Br2O4S/c1-15(12,13)3-2-6(11)7-4-5(9)8(10)14-7/h4,6,11H,2-3H2,1H3. The Bertz CT molecular complexity index is 418. The molecule has 1 rings (SSSR count). The molecule has 0 aromatic carbocycles. The van der Waals surface area contributed by atoms with Crippen LogP contribution in [0.2, 0.25) is 0 Å². The minimum absolute atomic E-state index is 0.0654.